The maximum Gasteiger partial charge on any atom is 0.0845 e. The Morgan fingerprint density at radius 3 is 2.89 bits per heavy atom. The molecule has 9 heavy (non-hydrogen) atoms. The summed E-state index contributed by atoms with van der Waals surface area (Å²) in [6.45, 7) is 0.354. The Kier molecular flexibility index (Phi) is 1.24. The molecule has 1 N–H and O–H groups in total. The lowest BCUT2D eigenvalue weighted by molar-refractivity contribution is 0.197. The second kappa shape index (κ2) is 1.96. The van der Waals surface area contributed by atoms with Crippen LogP contribution in [0.15, 0.2) is 0 Å². The minimum absolute atomic E-state index is 0.354. The summed E-state index contributed by atoms with van der Waals surface area (Å²) >= 11 is 0. The predicted molar refractivity (Wildman–Crippen MR) is 33.1 cm³/mol. The molecule has 0 amide bonds. The molecule has 0 bridgehead atoms. The zero-order chi connectivity index (χ0) is 6.27. The van der Waals surface area contributed by atoms with E-state index < -0.39 is 0 Å². The van der Waals surface area contributed by atoms with Gasteiger partial charge in [-0.1, -0.05) is 0 Å². The predicted octanol–water partition coefficient (Wildman–Crippen LogP) is 0.546. The molecule has 3 atom stereocenters. The van der Waals surface area contributed by atoms with Crippen LogP contribution in [0.3, 0.4) is 0 Å². The molecule has 0 unspecified atom stereocenters. The van der Waals surface area contributed by atoms with Gasteiger partial charge in [-0.3, -0.25) is 0 Å². The van der Waals surface area contributed by atoms with E-state index >= 15 is 0 Å². The lowest BCUT2D eigenvalue weighted by Crippen LogP contribution is -2.16. The summed E-state index contributed by atoms with van der Waals surface area (Å²) in [6, 6.07) is 0. The van der Waals surface area contributed by atoms with E-state index in [0.717, 1.165) is 12.8 Å². The van der Waals surface area contributed by atoms with E-state index in [1.807, 2.05) is 0 Å². The average molecular weight is 128 g/mol. The summed E-state index contributed by atoms with van der Waals surface area (Å²) in [5, 5.41) is 8.77. The van der Waals surface area contributed by atoms with Crippen molar-refractivity contribution >= 4 is 0 Å². The van der Waals surface area contributed by atoms with Crippen LogP contribution in [-0.4, -0.2) is 23.9 Å². The van der Waals surface area contributed by atoms with Crippen molar-refractivity contribution in [1.82, 2.24) is 0 Å². The normalized spacial score (nSPS) is 48.3. The molecule has 2 heteroatoms. The third-order valence-corrected chi connectivity index (χ3v) is 2.37. The first kappa shape index (κ1) is 5.69. The van der Waals surface area contributed by atoms with Crippen molar-refractivity contribution < 1.29 is 9.84 Å². The maximum atomic E-state index is 8.77. The van der Waals surface area contributed by atoms with Gasteiger partial charge in [-0.2, -0.15) is 0 Å². The van der Waals surface area contributed by atoms with Crippen LogP contribution in [0.1, 0.15) is 19.3 Å². The smallest absolute Gasteiger partial charge is 0.0845 e. The third kappa shape index (κ3) is 0.970. The van der Waals surface area contributed by atoms with Crippen molar-refractivity contribution in [3.05, 3.63) is 0 Å². The van der Waals surface area contributed by atoms with Crippen LogP contribution in [-0.2, 0) is 4.74 Å². The number of rotatable bonds is 1. The average Bonchev–Trinajstić information content (AvgIpc) is 2.64. The summed E-state index contributed by atoms with van der Waals surface area (Å²) < 4.78 is 5.30. The molecule has 2 nitrogen and oxygen atoms in total. The molecular formula is C7H12O2. The summed E-state index contributed by atoms with van der Waals surface area (Å²) in [7, 11) is 0. The summed E-state index contributed by atoms with van der Waals surface area (Å²) in [5.41, 5.74) is 0. The highest BCUT2D eigenvalue weighted by Gasteiger charge is 2.43. The van der Waals surface area contributed by atoms with Crippen LogP contribution in [0.5, 0.6) is 0 Å². The van der Waals surface area contributed by atoms with Crippen LogP contribution in [0.25, 0.3) is 0 Å². The fourth-order valence-electron chi connectivity index (χ4n) is 1.65. The van der Waals surface area contributed by atoms with E-state index in [4.69, 9.17) is 9.84 Å². The second-order valence-corrected chi connectivity index (χ2v) is 3.07. The quantitative estimate of drug-likeness (QED) is 0.523. The standard InChI is InChI=1S/C7H12O2/c8-4-5-1-2-6-7(3-5)9-6/h5-8H,1-4H2/t5-,6+,7-/m1/s1. The van der Waals surface area contributed by atoms with Crippen LogP contribution in [0, 0.1) is 5.92 Å². The second-order valence-electron chi connectivity index (χ2n) is 3.07. The van der Waals surface area contributed by atoms with E-state index in [1.54, 1.807) is 0 Å². The maximum absolute atomic E-state index is 8.77. The first-order valence-corrected chi connectivity index (χ1v) is 3.66. The van der Waals surface area contributed by atoms with Gasteiger partial charge in [-0.05, 0) is 25.2 Å². The zero-order valence-corrected chi connectivity index (χ0v) is 5.42. The van der Waals surface area contributed by atoms with Gasteiger partial charge < -0.3 is 9.84 Å². The first-order chi connectivity index (χ1) is 4.40. The number of aliphatic hydroxyl groups excluding tert-OH is 1. The fraction of sp³-hybridized carbons (Fsp3) is 1.00. The first-order valence-electron chi connectivity index (χ1n) is 3.66. The highest BCUT2D eigenvalue weighted by molar-refractivity contribution is 4.91. The molecule has 0 aromatic rings. The van der Waals surface area contributed by atoms with Gasteiger partial charge in [0.25, 0.3) is 0 Å². The Labute approximate surface area is 54.8 Å². The zero-order valence-electron chi connectivity index (χ0n) is 5.42. The topological polar surface area (TPSA) is 32.8 Å². The van der Waals surface area contributed by atoms with Crippen molar-refractivity contribution in [2.45, 2.75) is 31.5 Å². The number of ether oxygens (including phenoxy) is 1. The molecule has 2 aliphatic rings. The van der Waals surface area contributed by atoms with E-state index in [9.17, 15) is 0 Å². The van der Waals surface area contributed by atoms with E-state index in [2.05, 4.69) is 0 Å². The molecule has 1 saturated heterocycles. The van der Waals surface area contributed by atoms with Crippen molar-refractivity contribution in [1.29, 1.82) is 0 Å². The molecule has 0 aromatic heterocycles. The van der Waals surface area contributed by atoms with Crippen LogP contribution in [0.4, 0.5) is 0 Å². The van der Waals surface area contributed by atoms with E-state index in [0.29, 0.717) is 24.7 Å². The third-order valence-electron chi connectivity index (χ3n) is 2.37. The molecule has 52 valence electrons. The molecule has 1 saturated carbocycles. The van der Waals surface area contributed by atoms with Crippen LogP contribution >= 0.6 is 0 Å². The Bertz CT molecular complexity index is 113. The Morgan fingerprint density at radius 2 is 2.22 bits per heavy atom. The molecule has 0 aromatic carbocycles. The van der Waals surface area contributed by atoms with Gasteiger partial charge in [-0.25, -0.2) is 0 Å². The van der Waals surface area contributed by atoms with Gasteiger partial charge in [0.05, 0.1) is 12.2 Å². The van der Waals surface area contributed by atoms with E-state index in [1.165, 1.54) is 6.42 Å². The summed E-state index contributed by atoms with van der Waals surface area (Å²) in [4.78, 5) is 0. The molecule has 0 radical (unpaired) electrons. The minimum atomic E-state index is 0.354. The number of fused-ring (bicyclic) bond motifs is 1. The highest BCUT2D eigenvalue weighted by Crippen LogP contribution is 2.38. The molecule has 0 spiro atoms. The SMILES string of the molecule is OC[C@@H]1CC[C@@H]2O[C@@H]2C1. The number of epoxide rings is 1. The summed E-state index contributed by atoms with van der Waals surface area (Å²) in [6.07, 6.45) is 4.54. The van der Waals surface area contributed by atoms with Crippen molar-refractivity contribution in [3.63, 3.8) is 0 Å². The van der Waals surface area contributed by atoms with Gasteiger partial charge >= 0.3 is 0 Å². The Morgan fingerprint density at radius 1 is 1.33 bits per heavy atom. The molecule has 2 fully saturated rings. The summed E-state index contributed by atoms with van der Waals surface area (Å²) in [5.74, 6) is 0.536. The van der Waals surface area contributed by atoms with Crippen molar-refractivity contribution in [2.75, 3.05) is 6.61 Å². The van der Waals surface area contributed by atoms with Gasteiger partial charge in [0, 0.05) is 6.61 Å². The molecule has 1 aliphatic carbocycles. The van der Waals surface area contributed by atoms with Crippen LogP contribution < -0.4 is 0 Å². The molecular weight excluding hydrogens is 116 g/mol. The molecule has 1 aliphatic heterocycles. The lowest BCUT2D eigenvalue weighted by Gasteiger charge is -2.14. The highest BCUT2D eigenvalue weighted by atomic mass is 16.6. The van der Waals surface area contributed by atoms with Gasteiger partial charge in [0.15, 0.2) is 0 Å². The van der Waals surface area contributed by atoms with Gasteiger partial charge in [-0.15, -0.1) is 0 Å². The van der Waals surface area contributed by atoms with Gasteiger partial charge in [0.2, 0.25) is 0 Å². The fourth-order valence-corrected chi connectivity index (χ4v) is 1.65. The Hall–Kier alpha value is -0.0800. The number of hydrogen-bond donors (Lipinski definition) is 1. The van der Waals surface area contributed by atoms with Crippen molar-refractivity contribution in [2.24, 2.45) is 5.92 Å². The van der Waals surface area contributed by atoms with Crippen molar-refractivity contribution in [3.8, 4) is 0 Å². The lowest BCUT2D eigenvalue weighted by atomic mass is 9.90. The van der Waals surface area contributed by atoms with Gasteiger partial charge in [0.1, 0.15) is 0 Å². The van der Waals surface area contributed by atoms with E-state index in [-0.39, 0.29) is 0 Å². The van der Waals surface area contributed by atoms with Crippen LogP contribution in [0.2, 0.25) is 0 Å². The number of aliphatic hydroxyl groups is 1. The Balaban J connectivity index is 1.86. The molecule has 1 heterocycles. The largest absolute Gasteiger partial charge is 0.396 e. The number of hydrogen-bond acceptors (Lipinski definition) is 2. The minimum Gasteiger partial charge on any atom is -0.396 e. The monoisotopic (exact) mass is 128 g/mol. The molecule has 2 rings (SSSR count).